The largest absolute Gasteiger partial charge is 0.494 e. The number of carboxylic acids is 1. The van der Waals surface area contributed by atoms with Crippen LogP contribution >= 0.6 is 11.3 Å². The lowest BCUT2D eigenvalue weighted by atomic mass is 10.1. The Hall–Kier alpha value is -2.08. The van der Waals surface area contributed by atoms with E-state index in [9.17, 15) is 4.79 Å². The molecule has 0 atom stereocenters. The van der Waals surface area contributed by atoms with Gasteiger partial charge in [0.1, 0.15) is 16.5 Å². The lowest BCUT2D eigenvalue weighted by Crippen LogP contribution is -2.00. The lowest BCUT2D eigenvalue weighted by molar-refractivity contribution is -0.136. The van der Waals surface area contributed by atoms with Crippen LogP contribution < -0.4 is 9.47 Å². The van der Waals surface area contributed by atoms with Gasteiger partial charge in [-0.15, -0.1) is 11.3 Å². The summed E-state index contributed by atoms with van der Waals surface area (Å²) in [6.45, 7) is 6.95. The van der Waals surface area contributed by atoms with Crippen molar-refractivity contribution in [2.24, 2.45) is 0 Å². The number of hydrogen-bond acceptors (Lipinski definition) is 5. The molecule has 22 heavy (non-hydrogen) atoms. The number of aryl methyl sites for hydroxylation is 1. The molecule has 0 bridgehead atoms. The Kier molecular flexibility index (Phi) is 5.38. The number of rotatable bonds is 7. The van der Waals surface area contributed by atoms with Crippen molar-refractivity contribution in [3.63, 3.8) is 0 Å². The zero-order valence-corrected chi connectivity index (χ0v) is 13.7. The van der Waals surface area contributed by atoms with E-state index in [1.54, 1.807) is 0 Å². The minimum atomic E-state index is -0.884. The Bertz CT molecular complexity index is 666. The number of carbonyl (C=O) groups is 1. The van der Waals surface area contributed by atoms with Crippen LogP contribution in [0.25, 0.3) is 11.3 Å². The van der Waals surface area contributed by atoms with Gasteiger partial charge in [-0.05, 0) is 38.5 Å². The number of ether oxygens (including phenoxy) is 2. The number of nitrogens with zero attached hydrogens (tertiary/aromatic N) is 1. The van der Waals surface area contributed by atoms with Crippen molar-refractivity contribution in [2.75, 3.05) is 13.2 Å². The molecule has 1 heterocycles. The molecule has 1 N–H and O–H groups in total. The molecule has 0 fully saturated rings. The fraction of sp³-hybridized carbons (Fsp3) is 0.375. The minimum absolute atomic E-state index is 0.0706. The van der Waals surface area contributed by atoms with E-state index in [2.05, 4.69) is 4.98 Å². The van der Waals surface area contributed by atoms with Gasteiger partial charge in [0, 0.05) is 10.9 Å². The fourth-order valence-corrected chi connectivity index (χ4v) is 2.88. The summed E-state index contributed by atoms with van der Waals surface area (Å²) in [6, 6.07) is 3.84. The van der Waals surface area contributed by atoms with Crippen LogP contribution in [0.4, 0.5) is 0 Å². The summed E-state index contributed by atoms with van der Waals surface area (Å²) in [6.07, 6.45) is -0.0706. The molecule has 1 aromatic heterocycles. The first-order valence-corrected chi connectivity index (χ1v) is 7.99. The van der Waals surface area contributed by atoms with Gasteiger partial charge in [-0.2, -0.15) is 0 Å². The zero-order valence-electron chi connectivity index (χ0n) is 12.9. The molecule has 0 aliphatic rings. The Balaban J connectivity index is 2.44. The molecule has 2 rings (SSSR count). The van der Waals surface area contributed by atoms with Gasteiger partial charge >= 0.3 is 5.97 Å². The Morgan fingerprint density at radius 1 is 1.23 bits per heavy atom. The average Bonchev–Trinajstić information content (AvgIpc) is 2.89. The summed E-state index contributed by atoms with van der Waals surface area (Å²) in [5.41, 5.74) is 2.53. The van der Waals surface area contributed by atoms with E-state index in [1.807, 2.05) is 38.3 Å². The van der Waals surface area contributed by atoms with E-state index in [4.69, 9.17) is 14.6 Å². The molecule has 0 aliphatic heterocycles. The monoisotopic (exact) mass is 321 g/mol. The van der Waals surface area contributed by atoms with Crippen LogP contribution in [0.5, 0.6) is 11.5 Å². The third kappa shape index (κ3) is 3.76. The quantitative estimate of drug-likeness (QED) is 0.844. The summed E-state index contributed by atoms with van der Waals surface area (Å²) >= 11 is 1.33. The highest BCUT2D eigenvalue weighted by molar-refractivity contribution is 7.10. The van der Waals surface area contributed by atoms with Gasteiger partial charge in [-0.1, -0.05) is 0 Å². The van der Waals surface area contributed by atoms with Crippen molar-refractivity contribution >= 4 is 17.3 Å². The summed E-state index contributed by atoms with van der Waals surface area (Å²) in [4.78, 5) is 15.2. The van der Waals surface area contributed by atoms with Crippen LogP contribution in [0.15, 0.2) is 17.5 Å². The van der Waals surface area contributed by atoms with Crippen LogP contribution in [0.3, 0.4) is 0 Å². The number of aromatic nitrogens is 1. The molecule has 0 radical (unpaired) electrons. The van der Waals surface area contributed by atoms with Crippen molar-refractivity contribution in [3.8, 4) is 22.8 Å². The predicted octanol–water partition coefficient (Wildman–Crippen LogP) is 3.54. The molecule has 2 aromatic rings. The van der Waals surface area contributed by atoms with Crippen molar-refractivity contribution < 1.29 is 19.4 Å². The Labute approximate surface area is 133 Å². The van der Waals surface area contributed by atoms with Gasteiger partial charge in [-0.3, -0.25) is 4.79 Å². The van der Waals surface area contributed by atoms with Crippen molar-refractivity contribution in [2.45, 2.75) is 27.2 Å². The van der Waals surface area contributed by atoms with Gasteiger partial charge in [0.15, 0.2) is 0 Å². The summed E-state index contributed by atoms with van der Waals surface area (Å²) in [7, 11) is 0. The van der Waals surface area contributed by atoms with Crippen LogP contribution in [0.2, 0.25) is 0 Å². The highest BCUT2D eigenvalue weighted by atomic mass is 32.1. The first-order chi connectivity index (χ1) is 10.5. The lowest BCUT2D eigenvalue weighted by Gasteiger charge is -2.14. The van der Waals surface area contributed by atoms with Gasteiger partial charge < -0.3 is 14.6 Å². The average molecular weight is 321 g/mol. The van der Waals surface area contributed by atoms with Crippen LogP contribution in [0, 0.1) is 6.92 Å². The number of thiazole rings is 1. The van der Waals surface area contributed by atoms with E-state index in [1.165, 1.54) is 11.3 Å². The third-order valence-electron chi connectivity index (χ3n) is 3.01. The summed E-state index contributed by atoms with van der Waals surface area (Å²) in [5.74, 6) is 0.634. The SMILES string of the molecule is CCOc1cc(-c2csc(CC(=O)O)n2)c(OCC)cc1C. The molecule has 0 saturated carbocycles. The third-order valence-corrected chi connectivity index (χ3v) is 3.86. The highest BCUT2D eigenvalue weighted by Crippen LogP contribution is 2.36. The van der Waals surface area contributed by atoms with Gasteiger partial charge in [0.2, 0.25) is 0 Å². The zero-order chi connectivity index (χ0) is 16.1. The molecule has 0 saturated heterocycles. The molecule has 0 aliphatic carbocycles. The van der Waals surface area contributed by atoms with Gasteiger partial charge in [0.05, 0.1) is 25.3 Å². The molecule has 118 valence electrons. The molecular formula is C16H19NO4S. The van der Waals surface area contributed by atoms with Crippen LogP contribution in [-0.4, -0.2) is 29.3 Å². The fourth-order valence-electron chi connectivity index (χ4n) is 2.09. The molecular weight excluding hydrogens is 302 g/mol. The maximum atomic E-state index is 10.8. The first-order valence-electron chi connectivity index (χ1n) is 7.12. The molecule has 0 spiro atoms. The number of benzene rings is 1. The maximum Gasteiger partial charge on any atom is 0.310 e. The standard InChI is InChI=1S/C16H19NO4S/c1-4-20-13-7-11(14(21-5-2)6-10(13)3)12-9-22-15(17-12)8-16(18)19/h6-7,9H,4-5,8H2,1-3H3,(H,18,19). The van der Waals surface area contributed by atoms with E-state index in [0.29, 0.717) is 23.9 Å². The van der Waals surface area contributed by atoms with Crippen LogP contribution in [-0.2, 0) is 11.2 Å². The normalized spacial score (nSPS) is 10.5. The van der Waals surface area contributed by atoms with E-state index >= 15 is 0 Å². The van der Waals surface area contributed by atoms with Gasteiger partial charge in [-0.25, -0.2) is 4.98 Å². The second kappa shape index (κ2) is 7.26. The molecule has 0 unspecified atom stereocenters. The molecule has 0 amide bonds. The van der Waals surface area contributed by atoms with Crippen molar-refractivity contribution in [1.82, 2.24) is 4.98 Å². The molecule has 1 aromatic carbocycles. The van der Waals surface area contributed by atoms with E-state index in [-0.39, 0.29) is 6.42 Å². The molecule has 6 heteroatoms. The van der Waals surface area contributed by atoms with E-state index in [0.717, 1.165) is 22.6 Å². The Morgan fingerprint density at radius 3 is 2.55 bits per heavy atom. The van der Waals surface area contributed by atoms with Crippen molar-refractivity contribution in [3.05, 3.63) is 28.1 Å². The number of aliphatic carboxylic acids is 1. The second-order valence-corrected chi connectivity index (χ2v) is 5.62. The summed E-state index contributed by atoms with van der Waals surface area (Å²) in [5, 5.41) is 11.3. The molecule has 5 nitrogen and oxygen atoms in total. The van der Waals surface area contributed by atoms with Crippen molar-refractivity contribution in [1.29, 1.82) is 0 Å². The topological polar surface area (TPSA) is 68.7 Å². The highest BCUT2D eigenvalue weighted by Gasteiger charge is 2.15. The second-order valence-electron chi connectivity index (χ2n) is 4.68. The summed E-state index contributed by atoms with van der Waals surface area (Å²) < 4.78 is 11.3. The smallest absolute Gasteiger partial charge is 0.310 e. The number of hydrogen-bond donors (Lipinski definition) is 1. The Morgan fingerprint density at radius 2 is 1.91 bits per heavy atom. The predicted molar refractivity (Wildman–Crippen MR) is 86.0 cm³/mol. The van der Waals surface area contributed by atoms with Crippen LogP contribution in [0.1, 0.15) is 24.4 Å². The number of carboxylic acid groups (broad SMARTS) is 1. The maximum absolute atomic E-state index is 10.8. The first kappa shape index (κ1) is 16.3. The van der Waals surface area contributed by atoms with Gasteiger partial charge in [0.25, 0.3) is 0 Å². The van der Waals surface area contributed by atoms with E-state index < -0.39 is 5.97 Å². The minimum Gasteiger partial charge on any atom is -0.494 e.